The predicted octanol–water partition coefficient (Wildman–Crippen LogP) is 20.8. The maximum absolute atomic E-state index is 3.83. The lowest BCUT2D eigenvalue weighted by molar-refractivity contribution is 0.309. The van der Waals surface area contributed by atoms with Crippen molar-refractivity contribution in [3.05, 3.63) is 36.0 Å². The third-order valence-electron chi connectivity index (χ3n) is 10.3. The fraction of sp³-hybridized carbons (Fsp3) is 0.887. The van der Waals surface area contributed by atoms with Crippen LogP contribution < -0.4 is 0 Å². The largest absolute Gasteiger partial charge is 0.100 e. The van der Waals surface area contributed by atoms with Crippen molar-refractivity contribution >= 4 is 0 Å². The van der Waals surface area contributed by atoms with E-state index in [0.29, 0.717) is 0 Å². The molecular weight excluding hydrogens is 637 g/mol. The first-order valence-electron chi connectivity index (χ1n) is 23.3. The van der Waals surface area contributed by atoms with Crippen molar-refractivity contribution < 1.29 is 0 Å². The summed E-state index contributed by atoms with van der Waals surface area (Å²) in [5, 5.41) is 0. The van der Waals surface area contributed by atoms with Gasteiger partial charge in [0.05, 0.1) is 0 Å². The molecule has 0 aromatic rings. The molecule has 1 saturated carbocycles. The average Bonchev–Trinajstić information content (AvgIpc) is 3.09. The summed E-state index contributed by atoms with van der Waals surface area (Å²) in [4.78, 5) is 0. The summed E-state index contributed by atoms with van der Waals surface area (Å²) in [5.41, 5.74) is 4.08. The Hall–Kier alpha value is -0.780. The molecule has 0 bridgehead atoms. The Morgan fingerprint density at radius 1 is 0.528 bits per heavy atom. The predicted molar refractivity (Wildman–Crippen MR) is 257 cm³/mol. The van der Waals surface area contributed by atoms with Crippen LogP contribution >= 0.6 is 0 Å². The second-order valence-electron chi connectivity index (χ2n) is 17.0. The van der Waals surface area contributed by atoms with Crippen LogP contribution in [0.25, 0.3) is 0 Å². The van der Waals surface area contributed by atoms with Crippen molar-refractivity contribution in [2.24, 2.45) is 29.6 Å². The Labute approximate surface area is 343 Å². The Balaban J connectivity index is -0.000000146. The summed E-state index contributed by atoms with van der Waals surface area (Å²) >= 11 is 0. The Bertz CT molecular complexity index is 686. The van der Waals surface area contributed by atoms with Gasteiger partial charge in [0.15, 0.2) is 0 Å². The molecule has 0 amide bonds. The Morgan fingerprint density at radius 2 is 0.925 bits per heavy atom. The van der Waals surface area contributed by atoms with Crippen LogP contribution in [0.1, 0.15) is 279 Å². The summed E-state index contributed by atoms with van der Waals surface area (Å²) < 4.78 is 0. The van der Waals surface area contributed by atoms with Gasteiger partial charge in [-0.2, -0.15) is 0 Å². The van der Waals surface area contributed by atoms with E-state index in [1.807, 2.05) is 13.8 Å². The molecule has 1 aliphatic rings. The quantitative estimate of drug-likeness (QED) is 0.0816. The Kier molecular flexibility index (Phi) is 62.0. The molecule has 324 valence electrons. The highest BCUT2D eigenvalue weighted by atomic mass is 14.2. The highest BCUT2D eigenvalue weighted by Crippen LogP contribution is 2.30. The van der Waals surface area contributed by atoms with Gasteiger partial charge in [-0.3, -0.25) is 0 Å². The van der Waals surface area contributed by atoms with Crippen molar-refractivity contribution in [3.8, 4) is 0 Å². The summed E-state index contributed by atoms with van der Waals surface area (Å²) in [6.07, 6.45) is 39.2. The molecule has 0 spiro atoms. The van der Waals surface area contributed by atoms with Gasteiger partial charge in [0.1, 0.15) is 0 Å². The van der Waals surface area contributed by atoms with Gasteiger partial charge in [-0.05, 0) is 83.0 Å². The topological polar surface area (TPSA) is 0 Å². The SMILES string of the molecule is C.C.C=C(C)CCC.C=C(C)CCC(C)C.CC.CCCC(CC=C(C)C)CCCC(CCC)CCC.CCCC(CCC)CCCC1CCCCC1. The molecule has 0 radical (unpaired) electrons. The van der Waals surface area contributed by atoms with Crippen molar-refractivity contribution in [1.82, 2.24) is 0 Å². The fourth-order valence-electron chi connectivity index (χ4n) is 7.52. The van der Waals surface area contributed by atoms with Crippen LogP contribution in [0.2, 0.25) is 0 Å². The third kappa shape index (κ3) is 55.7. The summed E-state index contributed by atoms with van der Waals surface area (Å²) in [6.45, 7) is 38.5. The zero-order valence-electron chi connectivity index (χ0n) is 38.8. The summed E-state index contributed by atoms with van der Waals surface area (Å²) in [7, 11) is 0. The van der Waals surface area contributed by atoms with E-state index in [4.69, 9.17) is 0 Å². The number of rotatable bonds is 25. The van der Waals surface area contributed by atoms with Crippen LogP contribution in [0.5, 0.6) is 0 Å². The number of allylic oxidation sites excluding steroid dienone is 4. The maximum atomic E-state index is 3.83. The first kappa shape index (κ1) is 64.1. The second-order valence-corrected chi connectivity index (χ2v) is 17.0. The van der Waals surface area contributed by atoms with Crippen molar-refractivity contribution in [3.63, 3.8) is 0 Å². The normalized spacial score (nSPS) is 12.6. The summed E-state index contributed by atoms with van der Waals surface area (Å²) in [5.74, 6) is 4.90. The van der Waals surface area contributed by atoms with E-state index in [2.05, 4.69) is 102 Å². The van der Waals surface area contributed by atoms with Gasteiger partial charge in [-0.1, -0.05) is 248 Å². The summed E-state index contributed by atoms with van der Waals surface area (Å²) in [6, 6.07) is 0. The van der Waals surface area contributed by atoms with Gasteiger partial charge >= 0.3 is 0 Å². The van der Waals surface area contributed by atoms with E-state index in [9.17, 15) is 0 Å². The van der Waals surface area contributed by atoms with Gasteiger partial charge in [-0.15, -0.1) is 13.2 Å². The molecule has 1 atom stereocenters. The number of hydrogen-bond acceptors (Lipinski definition) is 0. The first-order valence-corrected chi connectivity index (χ1v) is 23.3. The van der Waals surface area contributed by atoms with Crippen LogP contribution in [0.15, 0.2) is 36.0 Å². The van der Waals surface area contributed by atoms with Crippen LogP contribution in [0.4, 0.5) is 0 Å². The smallest absolute Gasteiger partial charge is 0.0320 e. The molecule has 0 saturated heterocycles. The van der Waals surface area contributed by atoms with Gasteiger partial charge < -0.3 is 0 Å². The van der Waals surface area contributed by atoms with Crippen LogP contribution in [-0.2, 0) is 0 Å². The number of hydrogen-bond donors (Lipinski definition) is 0. The zero-order chi connectivity index (χ0) is 39.7. The highest BCUT2D eigenvalue weighted by Gasteiger charge is 2.14. The van der Waals surface area contributed by atoms with Gasteiger partial charge in [0, 0.05) is 0 Å². The Morgan fingerprint density at radius 3 is 1.25 bits per heavy atom. The van der Waals surface area contributed by atoms with E-state index in [0.717, 1.165) is 29.6 Å². The van der Waals surface area contributed by atoms with Crippen LogP contribution in [-0.4, -0.2) is 0 Å². The first-order chi connectivity index (χ1) is 24.4. The van der Waals surface area contributed by atoms with Crippen molar-refractivity contribution in [2.45, 2.75) is 279 Å². The van der Waals surface area contributed by atoms with Gasteiger partial charge in [0.25, 0.3) is 0 Å². The molecule has 1 aliphatic carbocycles. The van der Waals surface area contributed by atoms with E-state index >= 15 is 0 Å². The van der Waals surface area contributed by atoms with Crippen LogP contribution in [0, 0.1) is 29.6 Å². The van der Waals surface area contributed by atoms with Crippen LogP contribution in [0.3, 0.4) is 0 Å². The van der Waals surface area contributed by atoms with Crippen molar-refractivity contribution in [1.29, 1.82) is 0 Å². The fourth-order valence-corrected chi connectivity index (χ4v) is 7.52. The molecule has 0 heteroatoms. The zero-order valence-corrected chi connectivity index (χ0v) is 38.8. The molecule has 1 unspecified atom stereocenters. The minimum atomic E-state index is 0. The van der Waals surface area contributed by atoms with Crippen molar-refractivity contribution in [2.75, 3.05) is 0 Å². The minimum absolute atomic E-state index is 0. The molecule has 0 N–H and O–H groups in total. The lowest BCUT2D eigenvalue weighted by atomic mass is 9.84. The van der Waals surface area contributed by atoms with Gasteiger partial charge in [-0.25, -0.2) is 0 Å². The maximum Gasteiger partial charge on any atom is -0.0320 e. The molecule has 0 aromatic heterocycles. The standard InChI is InChI=1S/C19H38.C16H32.C8H16.C6H12.C2H6.2CH4/c1-6-10-18(11-7-2)13-9-14-19(12-8-3)16-15-17(4)5;1-3-9-15(10-4-2)13-8-14-16-11-6-5-7-12-16;1-7(2)5-6-8(3)4;1-4-5-6(2)3;1-2;;/h15,18-19H,6-14,16H2,1-5H3;15-16H,3-14H2,1-2H3;8H,1,5-6H2,2-4H3;2,4-5H2,1,3H3;1-2H3;2*1H4. The molecule has 53 heavy (non-hydrogen) atoms. The average molecular weight is 749 g/mol. The molecular formula is C53H112. The molecule has 0 aliphatic heterocycles. The second kappa shape index (κ2) is 51.2. The van der Waals surface area contributed by atoms with E-state index < -0.39 is 0 Å². The molecule has 1 fully saturated rings. The molecule has 1 rings (SSSR count). The lowest BCUT2D eigenvalue weighted by Gasteiger charge is -2.22. The molecule has 0 aromatic carbocycles. The monoisotopic (exact) mass is 749 g/mol. The van der Waals surface area contributed by atoms with E-state index in [1.54, 1.807) is 0 Å². The third-order valence-corrected chi connectivity index (χ3v) is 10.3. The molecule has 0 nitrogen and oxygen atoms in total. The van der Waals surface area contributed by atoms with E-state index in [1.165, 1.54) is 184 Å². The van der Waals surface area contributed by atoms with Gasteiger partial charge in [0.2, 0.25) is 0 Å². The van der Waals surface area contributed by atoms with E-state index in [-0.39, 0.29) is 14.9 Å². The molecule has 0 heterocycles. The lowest BCUT2D eigenvalue weighted by Crippen LogP contribution is -2.07. The minimum Gasteiger partial charge on any atom is -0.100 e. The highest BCUT2D eigenvalue weighted by molar-refractivity contribution is 4.94.